The fraction of sp³-hybridized carbons (Fsp3) is 0.500. The minimum atomic E-state index is 0.0160. The van der Waals surface area contributed by atoms with E-state index in [0.29, 0.717) is 19.7 Å². The molecule has 0 saturated carbocycles. The Kier molecular flexibility index (Phi) is 5.47. The molecular weight excluding hydrogens is 278 g/mol. The highest BCUT2D eigenvalue weighted by Gasteiger charge is 2.21. The second kappa shape index (κ2) is 7.34. The van der Waals surface area contributed by atoms with Gasteiger partial charge < -0.3 is 14.4 Å². The van der Waals surface area contributed by atoms with Gasteiger partial charge in [0.2, 0.25) is 5.91 Å². The molecule has 4 heteroatoms. The van der Waals surface area contributed by atoms with Crippen LogP contribution in [0.25, 0.3) is 6.08 Å². The molecule has 1 atom stereocenters. The van der Waals surface area contributed by atoms with Gasteiger partial charge in [-0.1, -0.05) is 0 Å². The summed E-state index contributed by atoms with van der Waals surface area (Å²) >= 11 is 0. The maximum absolute atomic E-state index is 12.1. The molecule has 4 nitrogen and oxygen atoms in total. The molecule has 0 aliphatic carbocycles. The van der Waals surface area contributed by atoms with E-state index in [-0.39, 0.29) is 12.0 Å². The van der Waals surface area contributed by atoms with Crippen molar-refractivity contribution in [2.24, 2.45) is 0 Å². The van der Waals surface area contributed by atoms with Gasteiger partial charge in [0, 0.05) is 36.7 Å². The number of rotatable bonds is 6. The van der Waals surface area contributed by atoms with Crippen LogP contribution in [-0.4, -0.2) is 36.6 Å². The number of likely N-dealkylation sites (N-methyl/N-ethyl adjacent to an activating group) is 1. The van der Waals surface area contributed by atoms with Crippen molar-refractivity contribution in [2.45, 2.75) is 40.2 Å². The van der Waals surface area contributed by atoms with Gasteiger partial charge in [-0.15, -0.1) is 0 Å². The lowest BCUT2D eigenvalue weighted by Gasteiger charge is -2.16. The summed E-state index contributed by atoms with van der Waals surface area (Å²) in [6.07, 6.45) is 4.52. The zero-order valence-corrected chi connectivity index (χ0v) is 13.9. The number of nitrogens with zero attached hydrogens (tertiary/aromatic N) is 1. The molecule has 22 heavy (non-hydrogen) atoms. The van der Waals surface area contributed by atoms with Crippen LogP contribution in [0, 0.1) is 0 Å². The minimum absolute atomic E-state index is 0.0160. The van der Waals surface area contributed by atoms with E-state index in [1.807, 2.05) is 39.0 Å². The summed E-state index contributed by atoms with van der Waals surface area (Å²) < 4.78 is 11.5. The molecule has 0 spiro atoms. The zero-order valence-electron chi connectivity index (χ0n) is 13.9. The smallest absolute Gasteiger partial charge is 0.246 e. The second-order valence-electron chi connectivity index (χ2n) is 5.41. The average molecular weight is 303 g/mol. The van der Waals surface area contributed by atoms with Crippen molar-refractivity contribution in [1.29, 1.82) is 0 Å². The predicted molar refractivity (Wildman–Crippen MR) is 88.4 cm³/mol. The van der Waals surface area contributed by atoms with Crippen molar-refractivity contribution in [3.05, 3.63) is 29.3 Å². The third-order valence-electron chi connectivity index (χ3n) is 3.81. The highest BCUT2D eigenvalue weighted by molar-refractivity contribution is 5.92. The van der Waals surface area contributed by atoms with Crippen LogP contribution in [0.5, 0.6) is 11.5 Å². The summed E-state index contributed by atoms with van der Waals surface area (Å²) in [7, 11) is 0. The Hall–Kier alpha value is -1.97. The SMILES string of the molecule is CCOc1cc2c(cc1C=CC(=O)N(CC)CC)OC(C)C2. The van der Waals surface area contributed by atoms with E-state index in [4.69, 9.17) is 9.47 Å². The number of carbonyl (C=O) groups is 1. The molecule has 0 fully saturated rings. The number of hydrogen-bond donors (Lipinski definition) is 0. The monoisotopic (exact) mass is 303 g/mol. The molecule has 0 bridgehead atoms. The number of benzene rings is 1. The third-order valence-corrected chi connectivity index (χ3v) is 3.81. The van der Waals surface area contributed by atoms with Crippen molar-refractivity contribution in [3.8, 4) is 11.5 Å². The molecule has 1 amide bonds. The van der Waals surface area contributed by atoms with E-state index in [1.165, 1.54) is 5.56 Å². The van der Waals surface area contributed by atoms with Gasteiger partial charge in [0.1, 0.15) is 17.6 Å². The Balaban J connectivity index is 2.26. The molecule has 0 N–H and O–H groups in total. The fourth-order valence-electron chi connectivity index (χ4n) is 2.67. The molecule has 1 unspecified atom stereocenters. The summed E-state index contributed by atoms with van der Waals surface area (Å²) in [6.45, 7) is 9.99. The van der Waals surface area contributed by atoms with Gasteiger partial charge in [0.05, 0.1) is 6.61 Å². The van der Waals surface area contributed by atoms with Crippen LogP contribution in [0.2, 0.25) is 0 Å². The van der Waals surface area contributed by atoms with Gasteiger partial charge in [-0.2, -0.15) is 0 Å². The molecule has 1 aromatic rings. The normalized spacial score (nSPS) is 16.5. The van der Waals surface area contributed by atoms with E-state index in [0.717, 1.165) is 23.5 Å². The lowest BCUT2D eigenvalue weighted by molar-refractivity contribution is -0.125. The van der Waals surface area contributed by atoms with Crippen LogP contribution >= 0.6 is 0 Å². The van der Waals surface area contributed by atoms with Gasteiger partial charge in [-0.3, -0.25) is 4.79 Å². The van der Waals surface area contributed by atoms with Gasteiger partial charge in [0.25, 0.3) is 0 Å². The molecule has 0 saturated heterocycles. The Morgan fingerprint density at radius 1 is 1.36 bits per heavy atom. The molecule has 1 aliphatic rings. The van der Waals surface area contributed by atoms with E-state index < -0.39 is 0 Å². The van der Waals surface area contributed by atoms with Crippen LogP contribution in [-0.2, 0) is 11.2 Å². The first-order valence-electron chi connectivity index (χ1n) is 8.02. The van der Waals surface area contributed by atoms with Gasteiger partial charge >= 0.3 is 0 Å². The Morgan fingerprint density at radius 3 is 2.73 bits per heavy atom. The lowest BCUT2D eigenvalue weighted by Crippen LogP contribution is -2.28. The Labute approximate surface area is 132 Å². The van der Waals surface area contributed by atoms with Crippen molar-refractivity contribution < 1.29 is 14.3 Å². The van der Waals surface area contributed by atoms with E-state index in [2.05, 4.69) is 6.92 Å². The molecule has 0 aromatic heterocycles. The summed E-state index contributed by atoms with van der Waals surface area (Å²) in [5.41, 5.74) is 2.05. The standard InChI is InChI=1S/C18H25NO3/c1-5-19(6-2)18(20)9-8-14-11-17-15(10-13(4)22-17)12-16(14)21-7-3/h8-9,11-13H,5-7,10H2,1-4H3. The number of hydrogen-bond acceptors (Lipinski definition) is 3. The molecule has 120 valence electrons. The fourth-order valence-corrected chi connectivity index (χ4v) is 2.67. The van der Waals surface area contributed by atoms with Gasteiger partial charge in [0.15, 0.2) is 0 Å². The maximum Gasteiger partial charge on any atom is 0.246 e. The number of fused-ring (bicyclic) bond motifs is 1. The van der Waals surface area contributed by atoms with Crippen molar-refractivity contribution in [2.75, 3.05) is 19.7 Å². The van der Waals surface area contributed by atoms with E-state index in [1.54, 1.807) is 11.0 Å². The first kappa shape index (κ1) is 16.4. The van der Waals surface area contributed by atoms with Crippen LogP contribution in [0.4, 0.5) is 0 Å². The minimum Gasteiger partial charge on any atom is -0.493 e. The largest absolute Gasteiger partial charge is 0.493 e. The predicted octanol–water partition coefficient (Wildman–Crippen LogP) is 3.29. The Morgan fingerprint density at radius 2 is 2.09 bits per heavy atom. The van der Waals surface area contributed by atoms with Crippen LogP contribution in [0.1, 0.15) is 38.8 Å². The Bertz CT molecular complexity index is 562. The average Bonchev–Trinajstić information content (AvgIpc) is 2.85. The molecule has 0 radical (unpaired) electrons. The van der Waals surface area contributed by atoms with Crippen molar-refractivity contribution in [1.82, 2.24) is 4.90 Å². The molecular formula is C18H25NO3. The van der Waals surface area contributed by atoms with E-state index in [9.17, 15) is 4.79 Å². The first-order valence-corrected chi connectivity index (χ1v) is 8.02. The highest BCUT2D eigenvalue weighted by Crippen LogP contribution is 2.35. The van der Waals surface area contributed by atoms with Crippen LogP contribution in [0.15, 0.2) is 18.2 Å². The van der Waals surface area contributed by atoms with Crippen LogP contribution in [0.3, 0.4) is 0 Å². The summed E-state index contributed by atoms with van der Waals surface area (Å²) in [5, 5.41) is 0. The number of amides is 1. The first-order chi connectivity index (χ1) is 10.6. The zero-order chi connectivity index (χ0) is 16.1. The van der Waals surface area contributed by atoms with Crippen molar-refractivity contribution in [3.63, 3.8) is 0 Å². The highest BCUT2D eigenvalue weighted by atomic mass is 16.5. The summed E-state index contributed by atoms with van der Waals surface area (Å²) in [4.78, 5) is 13.9. The van der Waals surface area contributed by atoms with Gasteiger partial charge in [-0.05, 0) is 45.9 Å². The number of carbonyl (C=O) groups excluding carboxylic acids is 1. The maximum atomic E-state index is 12.1. The molecule has 1 heterocycles. The van der Waals surface area contributed by atoms with Crippen LogP contribution < -0.4 is 9.47 Å². The molecule has 1 aliphatic heterocycles. The van der Waals surface area contributed by atoms with Gasteiger partial charge in [-0.25, -0.2) is 0 Å². The van der Waals surface area contributed by atoms with E-state index >= 15 is 0 Å². The summed E-state index contributed by atoms with van der Waals surface area (Å²) in [5.74, 6) is 1.72. The molecule has 2 rings (SSSR count). The second-order valence-corrected chi connectivity index (χ2v) is 5.41. The summed E-state index contributed by atoms with van der Waals surface area (Å²) in [6, 6.07) is 4.00. The third kappa shape index (κ3) is 3.62. The topological polar surface area (TPSA) is 38.8 Å². The van der Waals surface area contributed by atoms with Crippen molar-refractivity contribution >= 4 is 12.0 Å². The quantitative estimate of drug-likeness (QED) is 0.757. The molecule has 1 aromatic carbocycles. The number of ether oxygens (including phenoxy) is 2. The lowest BCUT2D eigenvalue weighted by atomic mass is 10.1.